The van der Waals surface area contributed by atoms with E-state index in [1.807, 2.05) is 0 Å². The van der Waals surface area contributed by atoms with Crippen LogP contribution in [0.2, 0.25) is 0 Å². The molecule has 70 valence electrons. The van der Waals surface area contributed by atoms with E-state index in [-0.39, 0.29) is 0 Å². The van der Waals surface area contributed by atoms with Gasteiger partial charge >= 0.3 is 0 Å². The van der Waals surface area contributed by atoms with Gasteiger partial charge in [-0.15, -0.1) is 0 Å². The van der Waals surface area contributed by atoms with Gasteiger partial charge in [0, 0.05) is 6.04 Å². The number of hydrogen-bond donors (Lipinski definition) is 1. The van der Waals surface area contributed by atoms with Crippen LogP contribution in [0.4, 0.5) is 0 Å². The number of allylic oxidation sites excluding steroid dienone is 1. The predicted molar refractivity (Wildman–Crippen MR) is 54.0 cm³/mol. The summed E-state index contributed by atoms with van der Waals surface area (Å²) in [4.78, 5) is 0. The van der Waals surface area contributed by atoms with Crippen molar-refractivity contribution < 1.29 is 0 Å². The van der Waals surface area contributed by atoms with Crippen LogP contribution in [0, 0.1) is 5.92 Å². The van der Waals surface area contributed by atoms with Gasteiger partial charge in [0.05, 0.1) is 0 Å². The van der Waals surface area contributed by atoms with Gasteiger partial charge in [0.2, 0.25) is 0 Å². The van der Waals surface area contributed by atoms with Crippen LogP contribution in [0.1, 0.15) is 46.0 Å². The van der Waals surface area contributed by atoms with Crippen LogP contribution in [-0.4, -0.2) is 6.04 Å². The molecule has 1 atom stereocenters. The Hall–Kier alpha value is -0.300. The van der Waals surface area contributed by atoms with E-state index in [0.29, 0.717) is 6.04 Å². The maximum Gasteiger partial charge on any atom is 0.0226 e. The molecule has 0 aliphatic heterocycles. The Morgan fingerprint density at radius 1 is 1.58 bits per heavy atom. The highest BCUT2D eigenvalue weighted by molar-refractivity contribution is 5.09. The van der Waals surface area contributed by atoms with Gasteiger partial charge in [0.15, 0.2) is 0 Å². The van der Waals surface area contributed by atoms with E-state index < -0.39 is 0 Å². The Labute approximate surface area is 76.0 Å². The van der Waals surface area contributed by atoms with Gasteiger partial charge in [-0.2, -0.15) is 0 Å². The lowest BCUT2D eigenvalue weighted by Gasteiger charge is -2.18. The summed E-state index contributed by atoms with van der Waals surface area (Å²) in [6.07, 6.45) is 8.65. The Morgan fingerprint density at radius 2 is 2.33 bits per heavy atom. The number of nitrogens with two attached hydrogens (primary N) is 1. The molecular formula is C11H21N. The molecule has 0 fully saturated rings. The Kier molecular flexibility index (Phi) is 3.80. The zero-order valence-corrected chi connectivity index (χ0v) is 8.34. The molecule has 12 heavy (non-hydrogen) atoms. The van der Waals surface area contributed by atoms with Crippen molar-refractivity contribution >= 4 is 0 Å². The van der Waals surface area contributed by atoms with Crippen LogP contribution in [0.3, 0.4) is 0 Å². The zero-order chi connectivity index (χ0) is 8.97. The Bertz CT molecular complexity index is 158. The van der Waals surface area contributed by atoms with Crippen molar-refractivity contribution in [2.75, 3.05) is 0 Å². The molecular weight excluding hydrogens is 146 g/mol. The van der Waals surface area contributed by atoms with Gasteiger partial charge in [-0.3, -0.25) is 0 Å². The smallest absolute Gasteiger partial charge is 0.0226 e. The quantitative estimate of drug-likeness (QED) is 0.643. The summed E-state index contributed by atoms with van der Waals surface area (Å²) in [5.41, 5.74) is 7.45. The summed E-state index contributed by atoms with van der Waals surface area (Å²) in [5, 5.41) is 0. The third-order valence-corrected chi connectivity index (χ3v) is 2.53. The van der Waals surface area contributed by atoms with E-state index in [1.165, 1.54) is 32.1 Å². The van der Waals surface area contributed by atoms with E-state index in [4.69, 9.17) is 5.73 Å². The summed E-state index contributed by atoms with van der Waals surface area (Å²) in [6, 6.07) is 0.348. The van der Waals surface area contributed by atoms with E-state index in [2.05, 4.69) is 19.9 Å². The first-order chi connectivity index (χ1) is 5.68. The molecule has 0 bridgehead atoms. The molecule has 1 heteroatoms. The number of rotatable bonds is 3. The van der Waals surface area contributed by atoms with Gasteiger partial charge in [-0.05, 0) is 38.0 Å². The number of hydrogen-bond acceptors (Lipinski definition) is 1. The summed E-state index contributed by atoms with van der Waals surface area (Å²) in [6.45, 7) is 4.56. The van der Waals surface area contributed by atoms with Crippen molar-refractivity contribution in [2.45, 2.75) is 52.0 Å². The normalized spacial score (nSPS) is 24.3. The standard InChI is InChI=1S/C11H21N/c1-9(2)6-7-10-4-3-5-11(12)8-10/h8-9,11H,3-7,12H2,1-2H3. The molecule has 1 rings (SSSR count). The topological polar surface area (TPSA) is 26.0 Å². The van der Waals surface area contributed by atoms with Crippen molar-refractivity contribution in [3.8, 4) is 0 Å². The fourth-order valence-electron chi connectivity index (χ4n) is 1.72. The van der Waals surface area contributed by atoms with Gasteiger partial charge in [0.25, 0.3) is 0 Å². The first-order valence-electron chi connectivity index (χ1n) is 5.13. The van der Waals surface area contributed by atoms with Gasteiger partial charge in [-0.1, -0.05) is 25.5 Å². The van der Waals surface area contributed by atoms with Gasteiger partial charge in [-0.25, -0.2) is 0 Å². The SMILES string of the molecule is CC(C)CCC1=CC(N)CCC1. The maximum atomic E-state index is 5.86. The van der Waals surface area contributed by atoms with Gasteiger partial charge in [0.1, 0.15) is 0 Å². The van der Waals surface area contributed by atoms with Crippen molar-refractivity contribution in [1.29, 1.82) is 0 Å². The summed E-state index contributed by atoms with van der Waals surface area (Å²) in [5.74, 6) is 0.823. The summed E-state index contributed by atoms with van der Waals surface area (Å²) in [7, 11) is 0. The highest BCUT2D eigenvalue weighted by atomic mass is 14.6. The fraction of sp³-hybridized carbons (Fsp3) is 0.818. The predicted octanol–water partition coefficient (Wildman–Crippen LogP) is 2.86. The average molecular weight is 167 g/mol. The second kappa shape index (κ2) is 4.66. The largest absolute Gasteiger partial charge is 0.324 e. The maximum absolute atomic E-state index is 5.86. The molecule has 0 aromatic carbocycles. The highest BCUT2D eigenvalue weighted by Gasteiger charge is 2.09. The molecule has 1 aliphatic rings. The van der Waals surface area contributed by atoms with Gasteiger partial charge < -0.3 is 5.73 Å². The van der Waals surface area contributed by atoms with Crippen LogP contribution in [-0.2, 0) is 0 Å². The molecule has 1 aliphatic carbocycles. The minimum absolute atomic E-state index is 0.348. The molecule has 0 saturated carbocycles. The highest BCUT2D eigenvalue weighted by Crippen LogP contribution is 2.22. The first-order valence-corrected chi connectivity index (χ1v) is 5.13. The molecule has 0 saturated heterocycles. The zero-order valence-electron chi connectivity index (χ0n) is 8.34. The van der Waals surface area contributed by atoms with Crippen LogP contribution >= 0.6 is 0 Å². The lowest BCUT2D eigenvalue weighted by molar-refractivity contribution is 0.549. The molecule has 0 amide bonds. The van der Waals surface area contributed by atoms with E-state index in [0.717, 1.165) is 5.92 Å². The van der Waals surface area contributed by atoms with Crippen LogP contribution in [0.25, 0.3) is 0 Å². The lowest BCUT2D eigenvalue weighted by atomic mass is 9.91. The molecule has 0 spiro atoms. The molecule has 1 nitrogen and oxygen atoms in total. The molecule has 0 aromatic heterocycles. The van der Waals surface area contributed by atoms with Crippen LogP contribution in [0.15, 0.2) is 11.6 Å². The third kappa shape index (κ3) is 3.40. The van der Waals surface area contributed by atoms with Crippen LogP contribution < -0.4 is 5.73 Å². The summed E-state index contributed by atoms with van der Waals surface area (Å²) >= 11 is 0. The third-order valence-electron chi connectivity index (χ3n) is 2.53. The average Bonchev–Trinajstić information content (AvgIpc) is 2.01. The molecule has 2 N–H and O–H groups in total. The first kappa shape index (κ1) is 9.79. The Morgan fingerprint density at radius 3 is 2.92 bits per heavy atom. The molecule has 0 heterocycles. The Balaban J connectivity index is 2.30. The summed E-state index contributed by atoms with van der Waals surface area (Å²) < 4.78 is 0. The van der Waals surface area contributed by atoms with E-state index in [9.17, 15) is 0 Å². The minimum Gasteiger partial charge on any atom is -0.324 e. The second-order valence-corrected chi connectivity index (χ2v) is 4.31. The van der Waals surface area contributed by atoms with Crippen molar-refractivity contribution in [3.63, 3.8) is 0 Å². The second-order valence-electron chi connectivity index (χ2n) is 4.31. The minimum atomic E-state index is 0.348. The van der Waals surface area contributed by atoms with Crippen molar-refractivity contribution in [1.82, 2.24) is 0 Å². The van der Waals surface area contributed by atoms with E-state index in [1.54, 1.807) is 5.57 Å². The van der Waals surface area contributed by atoms with Crippen molar-refractivity contribution in [2.24, 2.45) is 11.7 Å². The van der Waals surface area contributed by atoms with Crippen LogP contribution in [0.5, 0.6) is 0 Å². The molecule has 0 radical (unpaired) electrons. The molecule has 0 aromatic rings. The molecule has 1 unspecified atom stereocenters. The van der Waals surface area contributed by atoms with Crippen molar-refractivity contribution in [3.05, 3.63) is 11.6 Å². The van der Waals surface area contributed by atoms with E-state index >= 15 is 0 Å². The monoisotopic (exact) mass is 167 g/mol. The lowest BCUT2D eigenvalue weighted by Crippen LogP contribution is -2.20. The fourth-order valence-corrected chi connectivity index (χ4v) is 1.72.